The van der Waals surface area contributed by atoms with Crippen LogP contribution in [0.25, 0.3) is 0 Å². The lowest BCUT2D eigenvalue weighted by atomic mass is 9.84. The molecule has 2 bridgehead atoms. The summed E-state index contributed by atoms with van der Waals surface area (Å²) in [5.74, 6) is 1.10. The van der Waals surface area contributed by atoms with Gasteiger partial charge in [0.15, 0.2) is 0 Å². The average molecular weight is 491 g/mol. The molecule has 8 heteroatoms. The number of carbonyl (C=O) groups excluding carboxylic acids is 1. The zero-order valence-electron chi connectivity index (χ0n) is 18.5. The Kier molecular flexibility index (Phi) is 6.82. The van der Waals surface area contributed by atoms with E-state index in [0.717, 1.165) is 16.6 Å². The van der Waals surface area contributed by atoms with Crippen LogP contribution in [0, 0.1) is 23.6 Å². The van der Waals surface area contributed by atoms with Crippen molar-refractivity contribution in [3.63, 3.8) is 0 Å². The predicted molar refractivity (Wildman–Crippen MR) is 128 cm³/mol. The van der Waals surface area contributed by atoms with Crippen LogP contribution < -0.4 is 9.62 Å². The molecular weight excluding hydrogens is 463 g/mol. The standard InChI is InChI=1S/C25H28ClFN2O3S/c1-3-12-29(21-9-7-20(27)8-10-21)33(31,32)24-15-19(6-11-23(24)26)25(30)28-16(2)22-14-17-4-5-18(22)13-17/h3,6-11,15-18,22H,1,4-5,12-14H2,2H3,(H,28,30)/t16-,17+,18+,22-/m1/s1. The molecule has 0 heterocycles. The molecule has 33 heavy (non-hydrogen) atoms. The summed E-state index contributed by atoms with van der Waals surface area (Å²) in [7, 11) is -4.14. The highest BCUT2D eigenvalue weighted by atomic mass is 35.5. The van der Waals surface area contributed by atoms with Gasteiger partial charge >= 0.3 is 0 Å². The van der Waals surface area contributed by atoms with Crippen molar-refractivity contribution >= 4 is 33.2 Å². The monoisotopic (exact) mass is 490 g/mol. The van der Waals surface area contributed by atoms with Crippen molar-refractivity contribution in [2.45, 2.75) is 43.5 Å². The maximum atomic E-state index is 13.5. The second-order valence-corrected chi connectivity index (χ2v) is 11.3. The first-order valence-electron chi connectivity index (χ1n) is 11.2. The van der Waals surface area contributed by atoms with Gasteiger partial charge in [0.1, 0.15) is 10.7 Å². The van der Waals surface area contributed by atoms with Crippen molar-refractivity contribution in [2.24, 2.45) is 17.8 Å². The molecule has 2 fully saturated rings. The minimum atomic E-state index is -4.14. The van der Waals surface area contributed by atoms with Gasteiger partial charge in [0, 0.05) is 11.6 Å². The van der Waals surface area contributed by atoms with E-state index in [-0.39, 0.29) is 39.7 Å². The predicted octanol–water partition coefficient (Wildman–Crippen LogP) is 5.41. The number of amides is 1. The van der Waals surface area contributed by atoms with Crippen molar-refractivity contribution in [1.82, 2.24) is 5.32 Å². The van der Waals surface area contributed by atoms with E-state index < -0.39 is 15.8 Å². The van der Waals surface area contributed by atoms with Crippen LogP contribution in [0.2, 0.25) is 5.02 Å². The summed E-state index contributed by atoms with van der Waals surface area (Å²) < 4.78 is 41.4. The highest BCUT2D eigenvalue weighted by Crippen LogP contribution is 2.49. The van der Waals surface area contributed by atoms with E-state index in [2.05, 4.69) is 11.9 Å². The molecule has 1 N–H and O–H groups in total. The van der Waals surface area contributed by atoms with E-state index in [1.165, 1.54) is 67.8 Å². The highest BCUT2D eigenvalue weighted by molar-refractivity contribution is 7.93. The van der Waals surface area contributed by atoms with Crippen LogP contribution in [-0.4, -0.2) is 26.9 Å². The third-order valence-corrected chi connectivity index (χ3v) is 9.24. The number of hydrogen-bond acceptors (Lipinski definition) is 3. The minimum Gasteiger partial charge on any atom is -0.349 e. The van der Waals surface area contributed by atoms with E-state index in [1.807, 2.05) is 6.92 Å². The first-order chi connectivity index (χ1) is 15.7. The highest BCUT2D eigenvalue weighted by Gasteiger charge is 2.42. The van der Waals surface area contributed by atoms with Crippen molar-refractivity contribution in [2.75, 3.05) is 10.8 Å². The maximum absolute atomic E-state index is 13.5. The fourth-order valence-corrected chi connectivity index (χ4v) is 7.27. The van der Waals surface area contributed by atoms with Crippen LogP contribution in [0.15, 0.2) is 60.0 Å². The Morgan fingerprint density at radius 3 is 2.58 bits per heavy atom. The maximum Gasteiger partial charge on any atom is 0.266 e. The van der Waals surface area contributed by atoms with Crippen LogP contribution in [-0.2, 0) is 10.0 Å². The summed E-state index contributed by atoms with van der Waals surface area (Å²) in [4.78, 5) is 12.8. The molecule has 4 atom stereocenters. The first kappa shape index (κ1) is 23.8. The molecule has 0 aliphatic heterocycles. The molecule has 0 radical (unpaired) electrons. The van der Waals surface area contributed by atoms with E-state index >= 15 is 0 Å². The van der Waals surface area contributed by atoms with Crippen molar-refractivity contribution in [1.29, 1.82) is 0 Å². The quantitative estimate of drug-likeness (QED) is 0.503. The lowest BCUT2D eigenvalue weighted by molar-refractivity contribution is 0.0915. The summed E-state index contributed by atoms with van der Waals surface area (Å²) in [5.41, 5.74) is 0.498. The van der Waals surface area contributed by atoms with Gasteiger partial charge < -0.3 is 5.32 Å². The zero-order chi connectivity index (χ0) is 23.8. The van der Waals surface area contributed by atoms with Crippen molar-refractivity contribution < 1.29 is 17.6 Å². The number of fused-ring (bicyclic) bond motifs is 2. The van der Waals surface area contributed by atoms with Gasteiger partial charge in [0.2, 0.25) is 0 Å². The van der Waals surface area contributed by atoms with Crippen LogP contribution in [0.5, 0.6) is 0 Å². The Bertz CT molecular complexity index is 1150. The average Bonchev–Trinajstić information content (AvgIpc) is 3.42. The number of benzene rings is 2. The van der Waals surface area contributed by atoms with Gasteiger partial charge in [-0.2, -0.15) is 0 Å². The van der Waals surface area contributed by atoms with E-state index in [1.54, 1.807) is 0 Å². The molecule has 2 aromatic rings. The Balaban J connectivity index is 1.59. The summed E-state index contributed by atoms with van der Waals surface area (Å²) in [6, 6.07) is 9.38. The lowest BCUT2D eigenvalue weighted by Crippen LogP contribution is -2.40. The fraction of sp³-hybridized carbons (Fsp3) is 0.400. The smallest absolute Gasteiger partial charge is 0.266 e. The largest absolute Gasteiger partial charge is 0.349 e. The van der Waals surface area contributed by atoms with Crippen molar-refractivity contribution in [3.8, 4) is 0 Å². The second-order valence-electron chi connectivity index (χ2n) is 9.05. The van der Waals surface area contributed by atoms with Gasteiger partial charge in [-0.3, -0.25) is 9.10 Å². The fourth-order valence-electron chi connectivity index (χ4n) is 5.33. The molecule has 0 spiro atoms. The van der Waals surface area contributed by atoms with Crippen LogP contribution in [0.1, 0.15) is 43.0 Å². The first-order valence-corrected chi connectivity index (χ1v) is 13.0. The number of nitrogens with zero attached hydrogens (tertiary/aromatic N) is 1. The van der Waals surface area contributed by atoms with Gasteiger partial charge in [0.05, 0.1) is 17.3 Å². The van der Waals surface area contributed by atoms with Gasteiger partial charge in [-0.1, -0.05) is 24.1 Å². The van der Waals surface area contributed by atoms with E-state index in [9.17, 15) is 17.6 Å². The molecule has 5 nitrogen and oxygen atoms in total. The summed E-state index contributed by atoms with van der Waals surface area (Å²) >= 11 is 6.27. The molecule has 0 saturated heterocycles. The molecule has 0 unspecified atom stereocenters. The molecule has 176 valence electrons. The topological polar surface area (TPSA) is 66.5 Å². The number of sulfonamides is 1. The van der Waals surface area contributed by atoms with Crippen molar-refractivity contribution in [3.05, 3.63) is 71.5 Å². The van der Waals surface area contributed by atoms with Gasteiger partial charge in [-0.25, -0.2) is 12.8 Å². The lowest BCUT2D eigenvalue weighted by Gasteiger charge is -2.28. The van der Waals surface area contributed by atoms with Gasteiger partial charge in [-0.05, 0) is 86.4 Å². The summed E-state index contributed by atoms with van der Waals surface area (Å²) in [6.45, 7) is 5.61. The Hall–Kier alpha value is -2.38. The SMILES string of the molecule is C=CCN(c1ccc(F)cc1)S(=O)(=O)c1cc(C(=O)N[C@H](C)[C@H]2C[C@H]3CC[C@H]2C3)ccc1Cl. The van der Waals surface area contributed by atoms with Crippen LogP contribution in [0.3, 0.4) is 0 Å². The molecule has 2 aliphatic carbocycles. The molecule has 2 aromatic carbocycles. The summed E-state index contributed by atoms with van der Waals surface area (Å²) in [6.07, 6.45) is 6.33. The number of rotatable bonds is 8. The minimum absolute atomic E-state index is 0.00359. The number of halogens is 2. The normalized spacial score (nSPS) is 22.7. The number of anilines is 1. The van der Waals surface area contributed by atoms with Crippen LogP contribution >= 0.6 is 11.6 Å². The van der Waals surface area contributed by atoms with Crippen LogP contribution in [0.4, 0.5) is 10.1 Å². The molecule has 1 amide bonds. The molecule has 4 rings (SSSR count). The van der Waals surface area contributed by atoms with Gasteiger partial charge in [-0.15, -0.1) is 6.58 Å². The summed E-state index contributed by atoms with van der Waals surface area (Å²) in [5, 5.41) is 3.07. The number of carbonyl (C=O) groups is 1. The van der Waals surface area contributed by atoms with Gasteiger partial charge in [0.25, 0.3) is 15.9 Å². The third-order valence-electron chi connectivity index (χ3n) is 6.96. The van der Waals surface area contributed by atoms with E-state index in [4.69, 9.17) is 11.6 Å². The van der Waals surface area contributed by atoms with E-state index in [0.29, 0.717) is 11.8 Å². The Labute approximate surface area is 199 Å². The number of nitrogens with one attached hydrogen (secondary N) is 1. The molecular formula is C25H28ClFN2O3S. The molecule has 2 saturated carbocycles. The molecule has 0 aromatic heterocycles. The zero-order valence-corrected chi connectivity index (χ0v) is 20.1. The molecule has 2 aliphatic rings. The Morgan fingerprint density at radius 2 is 1.97 bits per heavy atom. The second kappa shape index (κ2) is 9.47. The Morgan fingerprint density at radius 1 is 1.24 bits per heavy atom. The number of hydrogen-bond donors (Lipinski definition) is 1. The third kappa shape index (κ3) is 4.80.